The topological polar surface area (TPSA) is 66.4 Å². The molecule has 2 rings (SSSR count). The molecule has 0 heterocycles. The summed E-state index contributed by atoms with van der Waals surface area (Å²) in [6.07, 6.45) is 11.7. The Hall–Kier alpha value is -2.77. The van der Waals surface area contributed by atoms with Crippen LogP contribution < -0.4 is 5.32 Å². The third kappa shape index (κ3) is 12.2. The minimum absolute atomic E-state index is 0.364. The van der Waals surface area contributed by atoms with E-state index in [1.165, 1.54) is 51.4 Å². The molecule has 0 radical (unpaired) electrons. The van der Waals surface area contributed by atoms with Gasteiger partial charge in [0.25, 0.3) is 0 Å². The smallest absolute Gasteiger partial charge is 0.311 e. The minimum atomic E-state index is -1.10. The summed E-state index contributed by atoms with van der Waals surface area (Å²) in [6, 6.07) is 14.7. The highest BCUT2D eigenvalue weighted by Crippen LogP contribution is 2.13. The zero-order valence-corrected chi connectivity index (χ0v) is 20.0. The second-order valence-electron chi connectivity index (χ2n) is 8.24. The lowest BCUT2D eigenvalue weighted by molar-refractivity contribution is -0.135. The van der Waals surface area contributed by atoms with Gasteiger partial charge in [0.05, 0.1) is 0 Å². The van der Waals surface area contributed by atoms with Crippen molar-refractivity contribution in [3.8, 4) is 11.8 Å². The average Bonchev–Trinajstić information content (AvgIpc) is 2.80. The standard InChI is InChI=1S/C28H34ClNO3/c29-25-17-13-23(14-18-25)12-10-8-6-4-2-1-3-5-7-9-11-21-30-26-19-15-24(16-20-26)27(31)22-28(32)33/h13-20,30H,1-9,11,21-22H2,(H,32,33). The largest absolute Gasteiger partial charge is 0.481 e. The van der Waals surface area contributed by atoms with E-state index in [0.29, 0.717) is 5.56 Å². The Morgan fingerprint density at radius 1 is 0.788 bits per heavy atom. The predicted octanol–water partition coefficient (Wildman–Crippen LogP) is 7.36. The normalized spacial score (nSPS) is 10.3. The number of carboxylic acids is 1. The first-order valence-electron chi connectivity index (χ1n) is 11.9. The molecule has 0 fully saturated rings. The summed E-state index contributed by atoms with van der Waals surface area (Å²) in [5.74, 6) is 4.96. The third-order valence-electron chi connectivity index (χ3n) is 5.40. The number of unbranched alkanes of at least 4 members (excludes halogenated alkanes) is 9. The molecule has 33 heavy (non-hydrogen) atoms. The number of halogens is 1. The number of nitrogens with one attached hydrogen (secondary N) is 1. The molecule has 176 valence electrons. The van der Waals surface area contributed by atoms with Gasteiger partial charge in [-0.15, -0.1) is 0 Å². The molecule has 0 aliphatic carbocycles. The second-order valence-corrected chi connectivity index (χ2v) is 8.67. The van der Waals surface area contributed by atoms with E-state index in [1.807, 2.05) is 36.4 Å². The Kier molecular flexibility index (Phi) is 12.8. The lowest BCUT2D eigenvalue weighted by atomic mass is 10.1. The quantitative estimate of drug-likeness (QED) is 0.124. The number of benzene rings is 2. The number of anilines is 1. The highest BCUT2D eigenvalue weighted by atomic mass is 35.5. The molecule has 2 aromatic rings. The summed E-state index contributed by atoms with van der Waals surface area (Å²) in [7, 11) is 0. The van der Waals surface area contributed by atoms with E-state index >= 15 is 0 Å². The van der Waals surface area contributed by atoms with E-state index in [0.717, 1.165) is 35.7 Å². The Bertz CT molecular complexity index is 911. The van der Waals surface area contributed by atoms with Crippen LogP contribution in [0.3, 0.4) is 0 Å². The van der Waals surface area contributed by atoms with Gasteiger partial charge in [0.1, 0.15) is 6.42 Å². The molecule has 0 saturated carbocycles. The van der Waals surface area contributed by atoms with Crippen molar-refractivity contribution in [2.75, 3.05) is 11.9 Å². The molecule has 0 aromatic heterocycles. The van der Waals surface area contributed by atoms with Crippen LogP contribution in [0.15, 0.2) is 48.5 Å². The molecule has 0 amide bonds. The van der Waals surface area contributed by atoms with Crippen molar-refractivity contribution in [3.05, 3.63) is 64.7 Å². The molecule has 0 saturated heterocycles. The first-order valence-corrected chi connectivity index (χ1v) is 12.3. The highest BCUT2D eigenvalue weighted by molar-refractivity contribution is 6.30. The van der Waals surface area contributed by atoms with Crippen LogP contribution in [0.2, 0.25) is 5.02 Å². The van der Waals surface area contributed by atoms with Gasteiger partial charge in [-0.2, -0.15) is 0 Å². The van der Waals surface area contributed by atoms with E-state index in [2.05, 4.69) is 17.2 Å². The van der Waals surface area contributed by atoms with Gasteiger partial charge in [-0.25, -0.2) is 0 Å². The van der Waals surface area contributed by atoms with Gasteiger partial charge in [0.15, 0.2) is 5.78 Å². The zero-order chi connectivity index (χ0) is 23.7. The number of hydrogen-bond acceptors (Lipinski definition) is 3. The Labute approximate surface area is 202 Å². The van der Waals surface area contributed by atoms with Gasteiger partial charge in [0.2, 0.25) is 0 Å². The van der Waals surface area contributed by atoms with Crippen molar-refractivity contribution in [1.82, 2.24) is 0 Å². The van der Waals surface area contributed by atoms with Gasteiger partial charge in [0, 0.05) is 34.8 Å². The Balaban J connectivity index is 1.40. The van der Waals surface area contributed by atoms with E-state index in [-0.39, 0.29) is 5.78 Å². The molecule has 2 aromatic carbocycles. The molecular formula is C28H34ClNO3. The molecule has 0 aliphatic rings. The monoisotopic (exact) mass is 467 g/mol. The molecule has 4 nitrogen and oxygen atoms in total. The number of rotatable bonds is 15. The summed E-state index contributed by atoms with van der Waals surface area (Å²) >= 11 is 5.87. The second kappa shape index (κ2) is 15.9. The fraction of sp³-hybridized carbons (Fsp3) is 0.429. The van der Waals surface area contributed by atoms with Crippen LogP contribution in [0.4, 0.5) is 5.69 Å². The summed E-state index contributed by atoms with van der Waals surface area (Å²) in [5, 5.41) is 12.8. The number of carbonyl (C=O) groups is 2. The lowest BCUT2D eigenvalue weighted by Crippen LogP contribution is -2.07. The number of aliphatic carboxylic acids is 1. The molecule has 2 N–H and O–H groups in total. The Morgan fingerprint density at radius 3 is 1.97 bits per heavy atom. The van der Waals surface area contributed by atoms with Gasteiger partial charge < -0.3 is 10.4 Å². The number of carboxylic acid groups (broad SMARTS) is 1. The van der Waals surface area contributed by atoms with Crippen LogP contribution in [0.1, 0.15) is 86.6 Å². The summed E-state index contributed by atoms with van der Waals surface area (Å²) in [4.78, 5) is 22.3. The maximum absolute atomic E-state index is 11.7. The number of hydrogen-bond donors (Lipinski definition) is 2. The van der Waals surface area contributed by atoms with E-state index in [4.69, 9.17) is 16.7 Å². The third-order valence-corrected chi connectivity index (χ3v) is 5.66. The van der Waals surface area contributed by atoms with Gasteiger partial charge in [-0.05, 0) is 61.4 Å². The van der Waals surface area contributed by atoms with Gasteiger partial charge >= 0.3 is 5.97 Å². The number of ketones is 1. The first kappa shape index (κ1) is 26.5. The van der Waals surface area contributed by atoms with Crippen molar-refractivity contribution in [2.45, 2.75) is 70.6 Å². The molecule has 0 spiro atoms. The van der Waals surface area contributed by atoms with Crippen molar-refractivity contribution in [1.29, 1.82) is 0 Å². The molecular weight excluding hydrogens is 434 g/mol. The van der Waals surface area contributed by atoms with Crippen LogP contribution in [-0.2, 0) is 4.79 Å². The van der Waals surface area contributed by atoms with Crippen LogP contribution in [0.25, 0.3) is 0 Å². The summed E-state index contributed by atoms with van der Waals surface area (Å²) in [6.45, 7) is 0.902. The lowest BCUT2D eigenvalue weighted by Gasteiger charge is -2.07. The van der Waals surface area contributed by atoms with Crippen LogP contribution >= 0.6 is 11.6 Å². The Morgan fingerprint density at radius 2 is 1.36 bits per heavy atom. The summed E-state index contributed by atoms with van der Waals surface area (Å²) < 4.78 is 0. The summed E-state index contributed by atoms with van der Waals surface area (Å²) in [5.41, 5.74) is 2.42. The molecule has 0 atom stereocenters. The number of Topliss-reactive ketones (excluding diaryl/α,β-unsaturated/α-hetero) is 1. The minimum Gasteiger partial charge on any atom is -0.481 e. The van der Waals surface area contributed by atoms with Gasteiger partial charge in [-0.1, -0.05) is 68.4 Å². The highest BCUT2D eigenvalue weighted by Gasteiger charge is 2.10. The van der Waals surface area contributed by atoms with E-state index in [9.17, 15) is 9.59 Å². The maximum atomic E-state index is 11.7. The fourth-order valence-corrected chi connectivity index (χ4v) is 3.65. The van der Waals surface area contributed by atoms with Crippen molar-refractivity contribution in [2.24, 2.45) is 0 Å². The van der Waals surface area contributed by atoms with Gasteiger partial charge in [-0.3, -0.25) is 9.59 Å². The van der Waals surface area contributed by atoms with E-state index in [1.54, 1.807) is 12.1 Å². The van der Waals surface area contributed by atoms with Crippen molar-refractivity contribution < 1.29 is 14.7 Å². The predicted molar refractivity (Wildman–Crippen MR) is 136 cm³/mol. The average molecular weight is 468 g/mol. The fourth-order valence-electron chi connectivity index (χ4n) is 3.52. The SMILES string of the molecule is O=C(O)CC(=O)c1ccc(NCCCCCCCCCCCC#Cc2ccc(Cl)cc2)cc1. The van der Waals surface area contributed by atoms with Crippen LogP contribution in [0, 0.1) is 11.8 Å². The first-order chi connectivity index (χ1) is 16.0. The number of carbonyl (C=O) groups excluding carboxylic acids is 1. The van der Waals surface area contributed by atoms with Crippen molar-refractivity contribution in [3.63, 3.8) is 0 Å². The van der Waals surface area contributed by atoms with E-state index < -0.39 is 12.4 Å². The van der Waals surface area contributed by atoms with Crippen LogP contribution in [-0.4, -0.2) is 23.4 Å². The zero-order valence-electron chi connectivity index (χ0n) is 19.2. The molecule has 0 unspecified atom stereocenters. The van der Waals surface area contributed by atoms with Crippen molar-refractivity contribution >= 4 is 29.0 Å². The molecule has 5 heteroatoms. The maximum Gasteiger partial charge on any atom is 0.311 e. The van der Waals surface area contributed by atoms with Crippen LogP contribution in [0.5, 0.6) is 0 Å². The molecule has 0 aliphatic heterocycles. The molecule has 0 bridgehead atoms.